The number of rotatable bonds is 0. The maximum absolute atomic E-state index is 11.5. The fourth-order valence-electron chi connectivity index (χ4n) is 1.76. The molecule has 1 aliphatic carbocycles. The lowest BCUT2D eigenvalue weighted by molar-refractivity contribution is 0.0971. The van der Waals surface area contributed by atoms with Gasteiger partial charge in [-0.25, -0.2) is 0 Å². The molecule has 1 aromatic heterocycles. The molecule has 0 unspecified atom stereocenters. The zero-order valence-corrected chi connectivity index (χ0v) is 7.37. The summed E-state index contributed by atoms with van der Waals surface area (Å²) < 4.78 is 1.64. The standard InChI is InChI=1S/C9H9N3O/c1-12-7-3-2-4-8(13)9(7)6(5-10)11-12/h2-4H2,1H3. The minimum Gasteiger partial charge on any atom is -0.294 e. The van der Waals surface area contributed by atoms with E-state index in [1.54, 1.807) is 11.7 Å². The Balaban J connectivity index is 2.67. The van der Waals surface area contributed by atoms with Gasteiger partial charge in [0, 0.05) is 13.5 Å². The van der Waals surface area contributed by atoms with Gasteiger partial charge in [-0.3, -0.25) is 9.48 Å². The van der Waals surface area contributed by atoms with E-state index in [-0.39, 0.29) is 11.5 Å². The summed E-state index contributed by atoms with van der Waals surface area (Å²) in [5, 5.41) is 12.7. The number of ketones is 1. The number of hydrogen-bond acceptors (Lipinski definition) is 3. The lowest BCUT2D eigenvalue weighted by Crippen LogP contribution is -2.12. The quantitative estimate of drug-likeness (QED) is 0.586. The molecule has 1 heterocycles. The minimum atomic E-state index is 0.0610. The molecule has 66 valence electrons. The van der Waals surface area contributed by atoms with Crippen LogP contribution in [0.1, 0.15) is 34.6 Å². The first-order valence-corrected chi connectivity index (χ1v) is 4.23. The van der Waals surface area contributed by atoms with Gasteiger partial charge in [0.15, 0.2) is 11.5 Å². The van der Waals surface area contributed by atoms with Crippen molar-refractivity contribution in [2.45, 2.75) is 19.3 Å². The Labute approximate surface area is 75.8 Å². The molecular formula is C9H9N3O. The van der Waals surface area contributed by atoms with Crippen LogP contribution in [0.25, 0.3) is 0 Å². The second-order valence-electron chi connectivity index (χ2n) is 3.18. The Morgan fingerprint density at radius 3 is 3.00 bits per heavy atom. The van der Waals surface area contributed by atoms with Crippen LogP contribution in [0.15, 0.2) is 0 Å². The predicted octanol–water partition coefficient (Wildman–Crippen LogP) is 0.811. The van der Waals surface area contributed by atoms with Crippen LogP contribution in [0.2, 0.25) is 0 Å². The van der Waals surface area contributed by atoms with Crippen molar-refractivity contribution < 1.29 is 4.79 Å². The van der Waals surface area contributed by atoms with Crippen molar-refractivity contribution in [3.8, 4) is 6.07 Å². The number of nitrogens with zero attached hydrogens (tertiary/aromatic N) is 3. The lowest BCUT2D eigenvalue weighted by Gasteiger charge is -2.10. The Kier molecular flexibility index (Phi) is 1.66. The molecule has 13 heavy (non-hydrogen) atoms. The lowest BCUT2D eigenvalue weighted by atomic mass is 9.95. The van der Waals surface area contributed by atoms with E-state index < -0.39 is 0 Å². The Morgan fingerprint density at radius 1 is 1.54 bits per heavy atom. The number of carbonyl (C=O) groups excluding carboxylic acids is 1. The van der Waals surface area contributed by atoms with E-state index in [0.29, 0.717) is 12.0 Å². The summed E-state index contributed by atoms with van der Waals surface area (Å²) in [4.78, 5) is 11.5. The van der Waals surface area contributed by atoms with Gasteiger partial charge in [-0.15, -0.1) is 0 Å². The summed E-state index contributed by atoms with van der Waals surface area (Å²) in [5.41, 5.74) is 1.74. The van der Waals surface area contributed by atoms with Crippen LogP contribution < -0.4 is 0 Å². The molecule has 0 saturated carbocycles. The first kappa shape index (κ1) is 7.99. The van der Waals surface area contributed by atoms with Gasteiger partial charge in [0.1, 0.15) is 6.07 Å². The molecule has 0 atom stereocenters. The average molecular weight is 175 g/mol. The van der Waals surface area contributed by atoms with Gasteiger partial charge in [0.05, 0.1) is 11.3 Å². The van der Waals surface area contributed by atoms with Gasteiger partial charge in [-0.05, 0) is 12.8 Å². The van der Waals surface area contributed by atoms with Crippen molar-refractivity contribution in [2.24, 2.45) is 7.05 Å². The van der Waals surface area contributed by atoms with Crippen molar-refractivity contribution in [3.63, 3.8) is 0 Å². The molecule has 4 nitrogen and oxygen atoms in total. The van der Waals surface area contributed by atoms with Gasteiger partial charge in [0.2, 0.25) is 0 Å². The Bertz CT molecular complexity index is 411. The molecule has 4 heteroatoms. The highest BCUT2D eigenvalue weighted by atomic mass is 16.1. The van der Waals surface area contributed by atoms with E-state index in [9.17, 15) is 4.79 Å². The number of fused-ring (bicyclic) bond motifs is 1. The number of nitriles is 1. The van der Waals surface area contributed by atoms with Crippen molar-refractivity contribution in [3.05, 3.63) is 17.0 Å². The Morgan fingerprint density at radius 2 is 2.31 bits per heavy atom. The van der Waals surface area contributed by atoms with Crippen molar-refractivity contribution in [2.75, 3.05) is 0 Å². The van der Waals surface area contributed by atoms with Crippen molar-refractivity contribution in [1.29, 1.82) is 5.26 Å². The predicted molar refractivity (Wildman–Crippen MR) is 45.2 cm³/mol. The Hall–Kier alpha value is -1.63. The van der Waals surface area contributed by atoms with E-state index >= 15 is 0 Å². The molecule has 0 radical (unpaired) electrons. The second-order valence-corrected chi connectivity index (χ2v) is 3.18. The van der Waals surface area contributed by atoms with E-state index in [1.165, 1.54) is 0 Å². The molecule has 1 aromatic rings. The van der Waals surface area contributed by atoms with E-state index in [0.717, 1.165) is 18.5 Å². The molecule has 0 bridgehead atoms. The molecule has 1 aliphatic rings. The number of hydrogen-bond donors (Lipinski definition) is 0. The third-order valence-corrected chi connectivity index (χ3v) is 2.37. The first-order chi connectivity index (χ1) is 6.24. The van der Waals surface area contributed by atoms with Crippen molar-refractivity contribution in [1.82, 2.24) is 9.78 Å². The highest BCUT2D eigenvalue weighted by molar-refractivity contribution is 5.99. The molecule has 0 amide bonds. The molecule has 2 rings (SSSR count). The number of aromatic nitrogens is 2. The van der Waals surface area contributed by atoms with E-state index in [1.807, 2.05) is 6.07 Å². The van der Waals surface area contributed by atoms with Crippen LogP contribution in [0, 0.1) is 11.3 Å². The van der Waals surface area contributed by atoms with Crippen LogP contribution >= 0.6 is 0 Å². The summed E-state index contributed by atoms with van der Waals surface area (Å²) >= 11 is 0. The molecule has 0 aromatic carbocycles. The summed E-state index contributed by atoms with van der Waals surface area (Å²) in [5.74, 6) is 0.0610. The van der Waals surface area contributed by atoms with Crippen LogP contribution in [0.3, 0.4) is 0 Å². The number of carbonyl (C=O) groups is 1. The maximum Gasteiger partial charge on any atom is 0.173 e. The third-order valence-electron chi connectivity index (χ3n) is 2.37. The SMILES string of the molecule is Cn1nc(C#N)c2c1CCCC2=O. The van der Waals surface area contributed by atoms with E-state index in [2.05, 4.69) is 5.10 Å². The monoisotopic (exact) mass is 175 g/mol. The van der Waals surface area contributed by atoms with Crippen molar-refractivity contribution >= 4 is 5.78 Å². The number of aryl methyl sites for hydroxylation is 1. The van der Waals surface area contributed by atoms with Crippen LogP contribution in [0.5, 0.6) is 0 Å². The normalized spacial score (nSPS) is 15.2. The van der Waals surface area contributed by atoms with E-state index in [4.69, 9.17) is 5.26 Å². The third kappa shape index (κ3) is 1.04. The molecule has 0 saturated heterocycles. The summed E-state index contributed by atoms with van der Waals surface area (Å²) in [7, 11) is 1.78. The molecule has 0 aliphatic heterocycles. The summed E-state index contributed by atoms with van der Waals surface area (Å²) in [6, 6.07) is 1.95. The molecule has 0 N–H and O–H groups in total. The molecule has 0 fully saturated rings. The summed E-state index contributed by atoms with van der Waals surface area (Å²) in [6.07, 6.45) is 2.27. The van der Waals surface area contributed by atoms with Gasteiger partial charge >= 0.3 is 0 Å². The fraction of sp³-hybridized carbons (Fsp3) is 0.444. The minimum absolute atomic E-state index is 0.0610. The fourth-order valence-corrected chi connectivity index (χ4v) is 1.76. The first-order valence-electron chi connectivity index (χ1n) is 4.23. The van der Waals surface area contributed by atoms with Gasteiger partial charge in [-0.1, -0.05) is 0 Å². The van der Waals surface area contributed by atoms with Crippen LogP contribution in [-0.4, -0.2) is 15.6 Å². The van der Waals surface area contributed by atoms with Gasteiger partial charge in [-0.2, -0.15) is 10.4 Å². The van der Waals surface area contributed by atoms with Gasteiger partial charge < -0.3 is 0 Å². The largest absolute Gasteiger partial charge is 0.294 e. The average Bonchev–Trinajstić information content (AvgIpc) is 2.45. The van der Waals surface area contributed by atoms with Gasteiger partial charge in [0.25, 0.3) is 0 Å². The zero-order chi connectivity index (χ0) is 9.42. The zero-order valence-electron chi connectivity index (χ0n) is 7.37. The molecule has 0 spiro atoms. The second kappa shape index (κ2) is 2.70. The molecular weight excluding hydrogens is 166 g/mol. The van der Waals surface area contributed by atoms with Crippen LogP contribution in [-0.2, 0) is 13.5 Å². The number of Topliss-reactive ketones (excluding diaryl/α,β-unsaturated/α-hetero) is 1. The smallest absolute Gasteiger partial charge is 0.173 e. The maximum atomic E-state index is 11.5. The summed E-state index contributed by atoms with van der Waals surface area (Å²) in [6.45, 7) is 0. The highest BCUT2D eigenvalue weighted by Gasteiger charge is 2.25. The topological polar surface area (TPSA) is 58.7 Å². The highest BCUT2D eigenvalue weighted by Crippen LogP contribution is 2.23. The van der Waals surface area contributed by atoms with Crippen LogP contribution in [0.4, 0.5) is 0 Å².